The first kappa shape index (κ1) is 39.2. The van der Waals surface area contributed by atoms with E-state index in [1.807, 2.05) is 6.08 Å². The Hall–Kier alpha value is -1.80. The van der Waals surface area contributed by atoms with Crippen molar-refractivity contribution < 1.29 is 28.4 Å². The molecule has 8 nitrogen and oxygen atoms in total. The van der Waals surface area contributed by atoms with Crippen molar-refractivity contribution in [2.45, 2.75) is 116 Å². The van der Waals surface area contributed by atoms with Crippen LogP contribution in [0.2, 0.25) is 0 Å². The van der Waals surface area contributed by atoms with Crippen LogP contribution in [-0.2, 0) is 18.4 Å². The van der Waals surface area contributed by atoms with Crippen molar-refractivity contribution >= 4 is 13.7 Å². The van der Waals surface area contributed by atoms with Crippen molar-refractivity contribution in [3.63, 3.8) is 0 Å². The molecule has 9 heteroatoms. The van der Waals surface area contributed by atoms with Crippen LogP contribution in [0.4, 0.5) is 0 Å². The van der Waals surface area contributed by atoms with Gasteiger partial charge >= 0.3 is 7.82 Å². The zero-order valence-corrected chi connectivity index (χ0v) is 26.4. The number of nitrogens with two attached hydrogens (primary N) is 1. The van der Waals surface area contributed by atoms with Gasteiger partial charge in [-0.1, -0.05) is 93.9 Å². The number of allylic oxidation sites excluding steroid dienone is 9. The topological polar surface area (TPSA) is 131 Å². The molecular formula is C32H57N2O6P. The van der Waals surface area contributed by atoms with Gasteiger partial charge in [0.25, 0.3) is 0 Å². The van der Waals surface area contributed by atoms with Gasteiger partial charge in [0.05, 0.1) is 25.4 Å². The molecule has 0 aromatic heterocycles. The summed E-state index contributed by atoms with van der Waals surface area (Å²) in [4.78, 5) is 22.4. The summed E-state index contributed by atoms with van der Waals surface area (Å²) in [7, 11) is -4.34. The van der Waals surface area contributed by atoms with Gasteiger partial charge in [-0.2, -0.15) is 0 Å². The lowest BCUT2D eigenvalue weighted by Gasteiger charge is -2.23. The number of nitrogens with one attached hydrogen (secondary N) is 1. The summed E-state index contributed by atoms with van der Waals surface area (Å²) in [6.07, 6.45) is 32.8. The lowest BCUT2D eigenvalue weighted by molar-refractivity contribution is -0.123. The number of amides is 1. The average molecular weight is 597 g/mol. The van der Waals surface area contributed by atoms with E-state index in [4.69, 9.17) is 14.8 Å². The molecule has 0 aliphatic heterocycles. The highest BCUT2D eigenvalue weighted by Gasteiger charge is 2.26. The molecule has 0 radical (unpaired) electrons. The van der Waals surface area contributed by atoms with Gasteiger partial charge < -0.3 is 21.1 Å². The number of phosphoric ester groups is 1. The van der Waals surface area contributed by atoms with Crippen molar-refractivity contribution in [1.82, 2.24) is 5.32 Å². The van der Waals surface area contributed by atoms with Crippen LogP contribution in [0, 0.1) is 0 Å². The SMILES string of the molecule is CC/C=C\C/C=C\C/C=C\CCCCCC(=O)NC(COP(=O)(O)OCCN)C(O)/C=C/CC/C=C/CCCCC. The first-order valence-corrected chi connectivity index (χ1v) is 16.9. The number of rotatable bonds is 27. The Morgan fingerprint density at radius 3 is 2.12 bits per heavy atom. The summed E-state index contributed by atoms with van der Waals surface area (Å²) in [5.74, 6) is -0.241. The van der Waals surface area contributed by atoms with Crippen LogP contribution in [0.3, 0.4) is 0 Å². The maximum atomic E-state index is 12.6. The van der Waals surface area contributed by atoms with Gasteiger partial charge in [0, 0.05) is 13.0 Å². The van der Waals surface area contributed by atoms with Gasteiger partial charge in [-0.3, -0.25) is 13.8 Å². The van der Waals surface area contributed by atoms with E-state index in [-0.39, 0.29) is 25.7 Å². The predicted molar refractivity (Wildman–Crippen MR) is 170 cm³/mol. The van der Waals surface area contributed by atoms with E-state index in [0.29, 0.717) is 12.8 Å². The number of aliphatic hydroxyl groups is 1. The minimum absolute atomic E-state index is 0.0657. The minimum Gasteiger partial charge on any atom is -0.387 e. The zero-order valence-electron chi connectivity index (χ0n) is 25.5. The monoisotopic (exact) mass is 596 g/mol. The van der Waals surface area contributed by atoms with Crippen LogP contribution in [0.25, 0.3) is 0 Å². The fourth-order valence-electron chi connectivity index (χ4n) is 3.75. The Bertz CT molecular complexity index is 825. The van der Waals surface area contributed by atoms with Gasteiger partial charge in [-0.15, -0.1) is 0 Å². The van der Waals surface area contributed by atoms with E-state index in [2.05, 4.69) is 67.8 Å². The molecule has 1 amide bonds. The van der Waals surface area contributed by atoms with Crippen molar-refractivity contribution in [3.8, 4) is 0 Å². The minimum atomic E-state index is -4.34. The highest BCUT2D eigenvalue weighted by atomic mass is 31.2. The molecule has 0 rings (SSSR count). The fourth-order valence-corrected chi connectivity index (χ4v) is 4.51. The molecule has 0 heterocycles. The zero-order chi connectivity index (χ0) is 30.4. The first-order valence-electron chi connectivity index (χ1n) is 15.4. The summed E-state index contributed by atoms with van der Waals surface area (Å²) in [5.41, 5.74) is 5.32. The third-order valence-electron chi connectivity index (χ3n) is 6.08. The van der Waals surface area contributed by atoms with Crippen LogP contribution >= 0.6 is 7.82 Å². The number of unbranched alkanes of at least 4 members (excludes halogenated alkanes) is 7. The molecule has 0 saturated carbocycles. The van der Waals surface area contributed by atoms with E-state index in [1.54, 1.807) is 6.08 Å². The molecule has 236 valence electrons. The van der Waals surface area contributed by atoms with Crippen LogP contribution in [0.1, 0.15) is 104 Å². The highest BCUT2D eigenvalue weighted by molar-refractivity contribution is 7.47. The van der Waals surface area contributed by atoms with Crippen molar-refractivity contribution in [1.29, 1.82) is 0 Å². The summed E-state index contributed by atoms with van der Waals surface area (Å²) < 4.78 is 21.8. The quantitative estimate of drug-likeness (QED) is 0.0448. The molecule has 0 aliphatic carbocycles. The molecule has 0 saturated heterocycles. The Labute approximate surface area is 249 Å². The maximum Gasteiger partial charge on any atom is 0.472 e. The van der Waals surface area contributed by atoms with E-state index in [1.165, 1.54) is 19.3 Å². The summed E-state index contributed by atoms with van der Waals surface area (Å²) in [6, 6.07) is -0.890. The lowest BCUT2D eigenvalue weighted by Crippen LogP contribution is -2.45. The number of hydrogen-bond acceptors (Lipinski definition) is 6. The second kappa shape index (κ2) is 28.3. The number of carbonyl (C=O) groups excluding carboxylic acids is 1. The van der Waals surface area contributed by atoms with Gasteiger partial charge in [0.2, 0.25) is 5.91 Å². The molecule has 0 aliphatic rings. The van der Waals surface area contributed by atoms with Crippen molar-refractivity contribution in [3.05, 3.63) is 60.8 Å². The van der Waals surface area contributed by atoms with E-state index >= 15 is 0 Å². The number of phosphoric acid groups is 1. The third-order valence-corrected chi connectivity index (χ3v) is 7.06. The van der Waals surface area contributed by atoms with E-state index in [0.717, 1.165) is 57.8 Å². The van der Waals surface area contributed by atoms with Gasteiger partial charge in [0.15, 0.2) is 0 Å². The molecule has 41 heavy (non-hydrogen) atoms. The molecular weight excluding hydrogens is 539 g/mol. The Morgan fingerprint density at radius 1 is 0.829 bits per heavy atom. The Balaban J connectivity index is 4.55. The van der Waals surface area contributed by atoms with E-state index < -0.39 is 20.0 Å². The normalized spacial score (nSPS) is 15.5. The molecule has 0 spiro atoms. The number of carbonyl (C=O) groups is 1. The molecule has 5 N–H and O–H groups in total. The van der Waals surface area contributed by atoms with Gasteiger partial charge in [-0.25, -0.2) is 4.57 Å². The maximum absolute atomic E-state index is 12.6. The standard InChI is InChI=1S/C32H57N2O6P/c1-3-5-7-9-11-13-14-15-16-18-20-22-24-26-32(36)34-30(29-40-41(37,38)39-28-27-33)31(35)25-23-21-19-17-12-10-8-6-4-2/h5,7,11-13,15-17,23,25,30-31,35H,3-4,6,8-10,14,18-22,24,26-29,33H2,1-2H3,(H,34,36)(H,37,38)/b7-5-,13-11-,16-15-,17-12+,25-23+. The second-order valence-electron chi connectivity index (χ2n) is 9.92. The van der Waals surface area contributed by atoms with Gasteiger partial charge in [-0.05, 0) is 64.2 Å². The molecule has 0 fully saturated rings. The molecule has 3 atom stereocenters. The Kier molecular flexibility index (Phi) is 27.1. The summed E-state index contributed by atoms with van der Waals surface area (Å²) in [5, 5.41) is 13.4. The van der Waals surface area contributed by atoms with Crippen molar-refractivity contribution in [2.75, 3.05) is 19.8 Å². The highest BCUT2D eigenvalue weighted by Crippen LogP contribution is 2.43. The van der Waals surface area contributed by atoms with E-state index in [9.17, 15) is 19.4 Å². The first-order chi connectivity index (χ1) is 19.9. The predicted octanol–water partition coefficient (Wildman–Crippen LogP) is 7.21. The van der Waals surface area contributed by atoms with Gasteiger partial charge in [0.1, 0.15) is 0 Å². The summed E-state index contributed by atoms with van der Waals surface area (Å²) >= 11 is 0. The molecule has 0 aromatic carbocycles. The number of aliphatic hydroxyl groups excluding tert-OH is 1. The van der Waals surface area contributed by atoms with Crippen LogP contribution in [0.15, 0.2) is 60.8 Å². The Morgan fingerprint density at radius 2 is 1.44 bits per heavy atom. The van der Waals surface area contributed by atoms with Crippen LogP contribution in [0.5, 0.6) is 0 Å². The largest absolute Gasteiger partial charge is 0.472 e. The number of hydrogen-bond donors (Lipinski definition) is 4. The third kappa shape index (κ3) is 26.8. The second-order valence-corrected chi connectivity index (χ2v) is 11.4. The smallest absolute Gasteiger partial charge is 0.387 e. The molecule has 0 bridgehead atoms. The molecule has 0 aromatic rings. The van der Waals surface area contributed by atoms with Crippen LogP contribution in [-0.4, -0.2) is 47.8 Å². The molecule has 3 unspecified atom stereocenters. The fraction of sp³-hybridized carbons (Fsp3) is 0.656. The summed E-state index contributed by atoms with van der Waals surface area (Å²) in [6.45, 7) is 3.86. The van der Waals surface area contributed by atoms with Crippen LogP contribution < -0.4 is 11.1 Å². The van der Waals surface area contributed by atoms with Crippen molar-refractivity contribution in [2.24, 2.45) is 5.73 Å². The lowest BCUT2D eigenvalue weighted by atomic mass is 10.1. The average Bonchev–Trinajstić information content (AvgIpc) is 2.95.